The highest BCUT2D eigenvalue weighted by Gasteiger charge is 2.20. The molecule has 1 aliphatic heterocycles. The molecule has 0 spiro atoms. The standard InChI is InChI=1S/C15H25N3O/c1-13-5-4-6-14(16-13)11-18-9-10-19-15(12-18)7-8-17(2)3/h4-6,15H,7-12H2,1-3H3. The number of rotatable bonds is 5. The highest BCUT2D eigenvalue weighted by Crippen LogP contribution is 2.12. The Balaban J connectivity index is 1.83. The molecule has 1 unspecified atom stereocenters. The van der Waals surface area contributed by atoms with Crippen molar-refractivity contribution in [3.63, 3.8) is 0 Å². The molecule has 0 saturated carbocycles. The number of aryl methyl sites for hydroxylation is 1. The second kappa shape index (κ2) is 6.98. The molecule has 1 aromatic heterocycles. The minimum Gasteiger partial charge on any atom is -0.376 e. The van der Waals surface area contributed by atoms with E-state index in [2.05, 4.69) is 41.0 Å². The molecule has 0 N–H and O–H groups in total. The van der Waals surface area contributed by atoms with Crippen LogP contribution in [0.25, 0.3) is 0 Å². The van der Waals surface area contributed by atoms with Crippen molar-refractivity contribution in [3.8, 4) is 0 Å². The molecule has 4 heteroatoms. The van der Waals surface area contributed by atoms with Crippen molar-refractivity contribution in [1.82, 2.24) is 14.8 Å². The summed E-state index contributed by atoms with van der Waals surface area (Å²) in [5.41, 5.74) is 2.25. The fourth-order valence-electron chi connectivity index (χ4n) is 2.42. The average molecular weight is 263 g/mol. The van der Waals surface area contributed by atoms with Crippen molar-refractivity contribution in [3.05, 3.63) is 29.6 Å². The Hall–Kier alpha value is -0.970. The van der Waals surface area contributed by atoms with Gasteiger partial charge < -0.3 is 9.64 Å². The van der Waals surface area contributed by atoms with E-state index in [9.17, 15) is 0 Å². The molecule has 1 atom stereocenters. The van der Waals surface area contributed by atoms with E-state index in [-0.39, 0.29) is 0 Å². The van der Waals surface area contributed by atoms with E-state index < -0.39 is 0 Å². The largest absolute Gasteiger partial charge is 0.376 e. The quantitative estimate of drug-likeness (QED) is 0.806. The third kappa shape index (κ3) is 4.90. The molecule has 19 heavy (non-hydrogen) atoms. The van der Waals surface area contributed by atoms with Crippen molar-refractivity contribution in [2.24, 2.45) is 0 Å². The zero-order valence-corrected chi connectivity index (χ0v) is 12.3. The summed E-state index contributed by atoms with van der Waals surface area (Å²) in [4.78, 5) is 9.24. The lowest BCUT2D eigenvalue weighted by atomic mass is 10.2. The molecule has 1 aliphatic rings. The van der Waals surface area contributed by atoms with Crippen molar-refractivity contribution in [2.75, 3.05) is 40.3 Å². The molecule has 2 heterocycles. The van der Waals surface area contributed by atoms with E-state index in [0.717, 1.165) is 50.6 Å². The highest BCUT2D eigenvalue weighted by molar-refractivity contribution is 5.09. The van der Waals surface area contributed by atoms with Gasteiger partial charge in [-0.05, 0) is 39.6 Å². The maximum absolute atomic E-state index is 5.83. The van der Waals surface area contributed by atoms with Crippen LogP contribution in [0.2, 0.25) is 0 Å². The number of ether oxygens (including phenoxy) is 1. The number of nitrogens with zero attached hydrogens (tertiary/aromatic N) is 3. The SMILES string of the molecule is Cc1cccc(CN2CCOC(CCN(C)C)C2)n1. The molecule has 0 bridgehead atoms. The molecule has 0 radical (unpaired) electrons. The van der Waals surface area contributed by atoms with E-state index in [1.807, 2.05) is 13.0 Å². The Morgan fingerprint density at radius 1 is 1.42 bits per heavy atom. The first-order chi connectivity index (χ1) is 9.13. The number of aromatic nitrogens is 1. The van der Waals surface area contributed by atoms with Crippen LogP contribution < -0.4 is 0 Å². The average Bonchev–Trinajstić information content (AvgIpc) is 2.37. The van der Waals surface area contributed by atoms with Crippen molar-refractivity contribution >= 4 is 0 Å². The Labute approximate surface area is 116 Å². The minimum atomic E-state index is 0.362. The first kappa shape index (κ1) is 14.4. The first-order valence-electron chi connectivity index (χ1n) is 7.04. The van der Waals surface area contributed by atoms with Crippen LogP contribution in [-0.2, 0) is 11.3 Å². The Morgan fingerprint density at radius 3 is 3.00 bits per heavy atom. The summed E-state index contributed by atoms with van der Waals surface area (Å²) in [6.07, 6.45) is 1.46. The zero-order chi connectivity index (χ0) is 13.7. The number of pyridine rings is 1. The minimum absolute atomic E-state index is 0.362. The molecular formula is C15H25N3O. The predicted molar refractivity (Wildman–Crippen MR) is 77.2 cm³/mol. The molecule has 1 saturated heterocycles. The van der Waals surface area contributed by atoms with E-state index >= 15 is 0 Å². The molecule has 1 aromatic rings. The van der Waals surface area contributed by atoms with Crippen molar-refractivity contribution in [1.29, 1.82) is 0 Å². The summed E-state index contributed by atoms with van der Waals surface area (Å²) in [6, 6.07) is 6.24. The van der Waals surface area contributed by atoms with Gasteiger partial charge in [-0.3, -0.25) is 9.88 Å². The summed E-state index contributed by atoms with van der Waals surface area (Å²) in [6.45, 7) is 6.93. The summed E-state index contributed by atoms with van der Waals surface area (Å²) in [5, 5.41) is 0. The summed E-state index contributed by atoms with van der Waals surface area (Å²) < 4.78 is 5.83. The second-order valence-corrected chi connectivity index (χ2v) is 5.59. The van der Waals surface area contributed by atoms with Gasteiger partial charge in [0.25, 0.3) is 0 Å². The molecular weight excluding hydrogens is 238 g/mol. The van der Waals surface area contributed by atoms with E-state index in [4.69, 9.17) is 4.74 Å². The summed E-state index contributed by atoms with van der Waals surface area (Å²) in [5.74, 6) is 0. The molecule has 4 nitrogen and oxygen atoms in total. The summed E-state index contributed by atoms with van der Waals surface area (Å²) in [7, 11) is 4.22. The van der Waals surface area contributed by atoms with Gasteiger partial charge in [-0.1, -0.05) is 6.07 Å². The van der Waals surface area contributed by atoms with Crippen LogP contribution in [0.1, 0.15) is 17.8 Å². The Morgan fingerprint density at radius 2 is 2.26 bits per heavy atom. The first-order valence-corrected chi connectivity index (χ1v) is 7.04. The van der Waals surface area contributed by atoms with Gasteiger partial charge in [0.05, 0.1) is 18.4 Å². The van der Waals surface area contributed by atoms with Crippen LogP contribution in [0.4, 0.5) is 0 Å². The van der Waals surface area contributed by atoms with Crippen LogP contribution in [0.3, 0.4) is 0 Å². The maximum Gasteiger partial charge on any atom is 0.0714 e. The lowest BCUT2D eigenvalue weighted by molar-refractivity contribution is -0.0373. The van der Waals surface area contributed by atoms with Gasteiger partial charge in [-0.25, -0.2) is 0 Å². The monoisotopic (exact) mass is 263 g/mol. The van der Waals surface area contributed by atoms with Gasteiger partial charge in [0.2, 0.25) is 0 Å². The number of hydrogen-bond acceptors (Lipinski definition) is 4. The molecule has 0 aliphatic carbocycles. The molecule has 0 aromatic carbocycles. The smallest absolute Gasteiger partial charge is 0.0714 e. The van der Waals surface area contributed by atoms with Crippen LogP contribution in [0, 0.1) is 6.92 Å². The number of hydrogen-bond donors (Lipinski definition) is 0. The van der Waals surface area contributed by atoms with Gasteiger partial charge in [-0.15, -0.1) is 0 Å². The zero-order valence-electron chi connectivity index (χ0n) is 12.3. The molecule has 0 amide bonds. The van der Waals surface area contributed by atoms with Gasteiger partial charge >= 0.3 is 0 Å². The topological polar surface area (TPSA) is 28.6 Å². The van der Waals surface area contributed by atoms with Crippen molar-refractivity contribution < 1.29 is 4.74 Å². The number of morpholine rings is 1. The van der Waals surface area contributed by atoms with Crippen LogP contribution in [0.5, 0.6) is 0 Å². The Kier molecular flexibility index (Phi) is 5.31. The predicted octanol–water partition coefficient (Wildman–Crippen LogP) is 1.54. The summed E-state index contributed by atoms with van der Waals surface area (Å²) >= 11 is 0. The van der Waals surface area contributed by atoms with E-state index in [0.29, 0.717) is 6.10 Å². The van der Waals surface area contributed by atoms with E-state index in [1.54, 1.807) is 0 Å². The molecule has 1 fully saturated rings. The van der Waals surface area contributed by atoms with Gasteiger partial charge in [-0.2, -0.15) is 0 Å². The van der Waals surface area contributed by atoms with Gasteiger partial charge in [0.15, 0.2) is 0 Å². The fourth-order valence-corrected chi connectivity index (χ4v) is 2.42. The van der Waals surface area contributed by atoms with Crippen LogP contribution in [-0.4, -0.2) is 61.2 Å². The van der Waals surface area contributed by atoms with Gasteiger partial charge in [0, 0.05) is 31.9 Å². The third-order valence-corrected chi connectivity index (χ3v) is 3.45. The molecule has 2 rings (SSSR count). The van der Waals surface area contributed by atoms with Gasteiger partial charge in [0.1, 0.15) is 0 Å². The lowest BCUT2D eigenvalue weighted by Gasteiger charge is -2.33. The fraction of sp³-hybridized carbons (Fsp3) is 0.667. The lowest BCUT2D eigenvalue weighted by Crippen LogP contribution is -2.43. The van der Waals surface area contributed by atoms with Crippen molar-refractivity contribution in [2.45, 2.75) is 26.0 Å². The molecule has 106 valence electrons. The highest BCUT2D eigenvalue weighted by atomic mass is 16.5. The Bertz CT molecular complexity index is 395. The second-order valence-electron chi connectivity index (χ2n) is 5.59. The third-order valence-electron chi connectivity index (χ3n) is 3.45. The maximum atomic E-state index is 5.83. The normalized spacial score (nSPS) is 20.9. The van der Waals surface area contributed by atoms with E-state index in [1.165, 1.54) is 0 Å². The van der Waals surface area contributed by atoms with Crippen LogP contribution in [0.15, 0.2) is 18.2 Å². The van der Waals surface area contributed by atoms with Crippen LogP contribution >= 0.6 is 0 Å².